The van der Waals surface area contributed by atoms with Gasteiger partial charge in [0.1, 0.15) is 5.69 Å². The highest BCUT2D eigenvalue weighted by Gasteiger charge is 2.09. The summed E-state index contributed by atoms with van der Waals surface area (Å²) in [7, 11) is 0. The van der Waals surface area contributed by atoms with E-state index in [4.69, 9.17) is 15.4 Å². The maximum Gasteiger partial charge on any atom is 0.232 e. The molecule has 0 aliphatic carbocycles. The molecule has 4 heteroatoms. The van der Waals surface area contributed by atoms with Gasteiger partial charge in [0.25, 0.3) is 0 Å². The number of nitrogens with zero attached hydrogens (tertiary/aromatic N) is 2. The molecule has 2 rings (SSSR count). The molecule has 1 N–H and O–H groups in total. The van der Waals surface area contributed by atoms with Gasteiger partial charge in [0.2, 0.25) is 5.90 Å². The first-order valence-corrected chi connectivity index (χ1v) is 5.28. The molecule has 0 saturated heterocycles. The molecule has 0 fully saturated rings. The minimum Gasteiger partial charge on any atom is -0.477 e. The summed E-state index contributed by atoms with van der Waals surface area (Å²) in [4.78, 5) is 4.30. The van der Waals surface area contributed by atoms with Crippen LogP contribution in [0.2, 0.25) is 0 Å². The van der Waals surface area contributed by atoms with Crippen molar-refractivity contribution in [2.24, 2.45) is 0 Å². The smallest absolute Gasteiger partial charge is 0.232 e. The number of ether oxygens (including phenoxy) is 1. The molecule has 0 spiro atoms. The second-order valence-electron chi connectivity index (χ2n) is 3.45. The van der Waals surface area contributed by atoms with Gasteiger partial charge in [-0.1, -0.05) is 18.2 Å². The zero-order valence-electron chi connectivity index (χ0n) is 9.40. The Kier molecular flexibility index (Phi) is 3.01. The highest BCUT2D eigenvalue weighted by Crippen LogP contribution is 2.17. The van der Waals surface area contributed by atoms with E-state index in [1.807, 2.05) is 24.3 Å². The number of nitriles is 1. The van der Waals surface area contributed by atoms with E-state index >= 15 is 0 Å². The van der Waals surface area contributed by atoms with E-state index in [1.54, 1.807) is 13.0 Å². The van der Waals surface area contributed by atoms with Crippen LogP contribution >= 0.6 is 0 Å². The Hall–Kier alpha value is -2.41. The maximum absolute atomic E-state index is 9.08. The largest absolute Gasteiger partial charge is 0.477 e. The lowest BCUT2D eigenvalue weighted by molar-refractivity contribution is 0.324. The molecule has 0 saturated carbocycles. The average molecular weight is 225 g/mol. The van der Waals surface area contributed by atoms with Crippen molar-refractivity contribution in [3.63, 3.8) is 0 Å². The van der Waals surface area contributed by atoms with Crippen molar-refractivity contribution in [2.75, 3.05) is 6.61 Å². The Balaban J connectivity index is 2.61. The minimum absolute atomic E-state index is 0.00486. The summed E-state index contributed by atoms with van der Waals surface area (Å²) in [6.07, 6.45) is 0. The van der Waals surface area contributed by atoms with Crippen molar-refractivity contribution >= 4 is 16.8 Å². The highest BCUT2D eigenvalue weighted by atomic mass is 16.5. The summed E-state index contributed by atoms with van der Waals surface area (Å²) >= 11 is 0. The number of benzene rings is 1. The van der Waals surface area contributed by atoms with E-state index in [9.17, 15) is 0 Å². The number of nitrogens with one attached hydrogen (secondary N) is 1. The first kappa shape index (κ1) is 11.1. The molecule has 2 aromatic rings. The van der Waals surface area contributed by atoms with Crippen molar-refractivity contribution in [1.82, 2.24) is 4.98 Å². The molecule has 1 aromatic carbocycles. The van der Waals surface area contributed by atoms with Gasteiger partial charge >= 0.3 is 0 Å². The van der Waals surface area contributed by atoms with E-state index in [2.05, 4.69) is 11.1 Å². The van der Waals surface area contributed by atoms with Crippen molar-refractivity contribution < 1.29 is 4.74 Å². The Labute approximate surface area is 99.0 Å². The fourth-order valence-corrected chi connectivity index (χ4v) is 1.60. The summed E-state index contributed by atoms with van der Waals surface area (Å²) < 4.78 is 5.09. The lowest BCUT2D eigenvalue weighted by Crippen LogP contribution is -2.07. The van der Waals surface area contributed by atoms with Gasteiger partial charge in [-0.15, -0.1) is 0 Å². The van der Waals surface area contributed by atoms with Crippen molar-refractivity contribution in [3.8, 4) is 6.07 Å². The van der Waals surface area contributed by atoms with Crippen LogP contribution < -0.4 is 0 Å². The predicted molar refractivity (Wildman–Crippen MR) is 64.9 cm³/mol. The molecular formula is C13H11N3O. The Morgan fingerprint density at radius 1 is 1.47 bits per heavy atom. The van der Waals surface area contributed by atoms with Crippen LogP contribution in [0.4, 0.5) is 0 Å². The van der Waals surface area contributed by atoms with Gasteiger partial charge in [0.05, 0.1) is 23.8 Å². The van der Waals surface area contributed by atoms with Gasteiger partial charge in [-0.2, -0.15) is 5.26 Å². The highest BCUT2D eigenvalue weighted by molar-refractivity contribution is 5.94. The lowest BCUT2D eigenvalue weighted by Gasteiger charge is -2.06. The van der Waals surface area contributed by atoms with Crippen LogP contribution in [0.15, 0.2) is 30.3 Å². The minimum atomic E-state index is -0.00486. The molecule has 84 valence electrons. The van der Waals surface area contributed by atoms with E-state index in [-0.39, 0.29) is 5.90 Å². The number of hydrogen-bond acceptors (Lipinski definition) is 4. The molecule has 4 nitrogen and oxygen atoms in total. The van der Waals surface area contributed by atoms with Gasteiger partial charge in [-0.3, -0.25) is 5.41 Å². The Morgan fingerprint density at radius 3 is 2.94 bits per heavy atom. The summed E-state index contributed by atoms with van der Waals surface area (Å²) in [6.45, 7) is 2.22. The van der Waals surface area contributed by atoms with E-state index < -0.39 is 0 Å². The van der Waals surface area contributed by atoms with Crippen LogP contribution in [0.3, 0.4) is 0 Å². The van der Waals surface area contributed by atoms with Crippen LogP contribution in [-0.4, -0.2) is 17.5 Å². The average Bonchev–Trinajstić information content (AvgIpc) is 2.37. The number of fused-ring (bicyclic) bond motifs is 1. The second kappa shape index (κ2) is 4.62. The summed E-state index contributed by atoms with van der Waals surface area (Å²) in [5.41, 5.74) is 1.60. The topological polar surface area (TPSA) is 69.8 Å². The van der Waals surface area contributed by atoms with Crippen molar-refractivity contribution in [2.45, 2.75) is 6.92 Å². The molecule has 0 unspecified atom stereocenters. The summed E-state index contributed by atoms with van der Waals surface area (Å²) in [5, 5.41) is 17.6. The van der Waals surface area contributed by atoms with Gasteiger partial charge in [-0.25, -0.2) is 4.98 Å². The third-order valence-corrected chi connectivity index (χ3v) is 2.36. The fraction of sp³-hybridized carbons (Fsp3) is 0.154. The molecule has 0 aliphatic heterocycles. The monoisotopic (exact) mass is 225 g/mol. The standard InChI is InChI=1S/C13H11N3O/c1-2-17-13(15)12-7-9(8-14)10-5-3-4-6-11(10)16-12/h3-7,15H,2H2,1H3. The van der Waals surface area contributed by atoms with Crippen molar-refractivity contribution in [3.05, 3.63) is 41.6 Å². The quantitative estimate of drug-likeness (QED) is 0.630. The van der Waals surface area contributed by atoms with Crippen LogP contribution in [0.1, 0.15) is 18.2 Å². The van der Waals surface area contributed by atoms with Crippen LogP contribution in [0.5, 0.6) is 0 Å². The van der Waals surface area contributed by atoms with Gasteiger partial charge in [0.15, 0.2) is 0 Å². The van der Waals surface area contributed by atoms with E-state index in [0.29, 0.717) is 23.4 Å². The predicted octanol–water partition coefficient (Wildman–Crippen LogP) is 2.47. The lowest BCUT2D eigenvalue weighted by atomic mass is 10.1. The van der Waals surface area contributed by atoms with Crippen molar-refractivity contribution in [1.29, 1.82) is 10.7 Å². The second-order valence-corrected chi connectivity index (χ2v) is 3.45. The molecular weight excluding hydrogens is 214 g/mol. The van der Waals surface area contributed by atoms with E-state index in [0.717, 1.165) is 5.39 Å². The summed E-state index contributed by atoms with van der Waals surface area (Å²) in [6, 6.07) is 11.1. The number of para-hydroxylation sites is 1. The van der Waals surface area contributed by atoms with Gasteiger partial charge in [0, 0.05) is 5.39 Å². The number of aromatic nitrogens is 1. The first-order valence-electron chi connectivity index (χ1n) is 5.28. The molecule has 0 radical (unpaired) electrons. The van der Waals surface area contributed by atoms with Crippen LogP contribution in [0, 0.1) is 16.7 Å². The number of pyridine rings is 1. The maximum atomic E-state index is 9.08. The molecule has 1 aromatic heterocycles. The molecule has 0 aliphatic rings. The SMILES string of the molecule is CCOC(=N)c1cc(C#N)c2ccccc2n1. The normalized spacial score (nSPS) is 9.88. The van der Waals surface area contributed by atoms with Gasteiger partial charge in [-0.05, 0) is 19.1 Å². The number of rotatable bonds is 2. The third kappa shape index (κ3) is 2.08. The number of hydrogen-bond donors (Lipinski definition) is 1. The molecule has 17 heavy (non-hydrogen) atoms. The first-order chi connectivity index (χ1) is 8.26. The fourth-order valence-electron chi connectivity index (χ4n) is 1.60. The molecule has 0 atom stereocenters. The Bertz CT molecular complexity index is 614. The third-order valence-electron chi connectivity index (χ3n) is 2.36. The van der Waals surface area contributed by atoms with Crippen LogP contribution in [0.25, 0.3) is 10.9 Å². The van der Waals surface area contributed by atoms with Gasteiger partial charge < -0.3 is 4.74 Å². The molecule has 0 amide bonds. The Morgan fingerprint density at radius 2 is 2.24 bits per heavy atom. The molecule has 1 heterocycles. The zero-order chi connectivity index (χ0) is 12.3. The van der Waals surface area contributed by atoms with E-state index in [1.165, 1.54) is 0 Å². The summed E-state index contributed by atoms with van der Waals surface area (Å²) in [5.74, 6) is -0.00486. The zero-order valence-corrected chi connectivity index (χ0v) is 9.40. The molecule has 0 bridgehead atoms. The van der Waals surface area contributed by atoms with Crippen LogP contribution in [-0.2, 0) is 4.74 Å².